The number of allylic oxidation sites excluding steroid dienone is 1. The van der Waals surface area contributed by atoms with Crippen molar-refractivity contribution in [3.8, 4) is 0 Å². The van der Waals surface area contributed by atoms with Crippen LogP contribution in [0, 0.1) is 0 Å². The van der Waals surface area contributed by atoms with Gasteiger partial charge in [-0.1, -0.05) is 23.0 Å². The topological polar surface area (TPSA) is 217 Å². The molecule has 218 valence electrons. The molecular weight excluding hydrogens is 627 g/mol. The molecule has 4 heterocycles. The minimum Gasteiger partial charge on any atom is -0.477 e. The second kappa shape index (κ2) is 15.2. The summed E-state index contributed by atoms with van der Waals surface area (Å²) in [6, 6.07) is -0.957. The molecule has 20 heteroatoms. The van der Waals surface area contributed by atoms with Gasteiger partial charge in [0.1, 0.15) is 29.4 Å². The summed E-state index contributed by atoms with van der Waals surface area (Å²) in [5.74, 6) is -1.87. The molecule has 2 aromatic rings. The highest BCUT2D eigenvalue weighted by molar-refractivity contribution is 8.01. The Bertz CT molecular complexity index is 1300. The van der Waals surface area contributed by atoms with Crippen LogP contribution in [0.15, 0.2) is 39.6 Å². The Hall–Kier alpha value is -2.90. The molecule has 2 atom stereocenters. The lowest BCUT2D eigenvalue weighted by molar-refractivity contribution is -0.150. The lowest BCUT2D eigenvalue weighted by atomic mass is 10.0. The fourth-order valence-electron chi connectivity index (χ4n) is 3.55. The van der Waals surface area contributed by atoms with Crippen molar-refractivity contribution in [1.29, 1.82) is 0 Å². The number of nitrogen functional groups attached to an aromatic ring is 1. The molecule has 1 fully saturated rings. The van der Waals surface area contributed by atoms with Crippen molar-refractivity contribution < 1.29 is 24.3 Å². The van der Waals surface area contributed by atoms with E-state index in [1.807, 2.05) is 0 Å². The first-order valence-electron chi connectivity index (χ1n) is 11.2. The van der Waals surface area contributed by atoms with Crippen molar-refractivity contribution in [2.75, 3.05) is 30.4 Å². The fourth-order valence-corrected chi connectivity index (χ4v) is 6.47. The number of hydrogen-bond donors (Lipinski definition) is 4. The SMILES string of the molecule is C=CCn1nnnc1SCC1=C(C(=O)O)N2C(=O)C(NC(=O)/C(=N\OCCCN)c3csc(N)n3)[C@H]2SC1.Cl.Cl. The fraction of sp³-hybridized carbons (Fsp3) is 0.400. The number of amides is 2. The van der Waals surface area contributed by atoms with Gasteiger partial charge in [-0.2, -0.15) is 0 Å². The number of hydrogen-bond acceptors (Lipinski definition) is 14. The smallest absolute Gasteiger partial charge is 0.352 e. The molecule has 0 aliphatic carbocycles. The van der Waals surface area contributed by atoms with Crippen LogP contribution in [0.25, 0.3) is 0 Å². The highest BCUT2D eigenvalue weighted by Gasteiger charge is 2.54. The summed E-state index contributed by atoms with van der Waals surface area (Å²) in [5, 5.41) is 29.6. The molecule has 4 rings (SSSR count). The number of aromatic nitrogens is 5. The summed E-state index contributed by atoms with van der Waals surface area (Å²) in [6.45, 7) is 4.64. The van der Waals surface area contributed by atoms with Gasteiger partial charge in [-0.25, -0.2) is 14.5 Å². The molecule has 2 aliphatic heterocycles. The Kier molecular flexibility index (Phi) is 12.7. The second-order valence-electron chi connectivity index (χ2n) is 7.83. The number of anilines is 1. The first-order valence-corrected chi connectivity index (χ1v) is 14.1. The predicted molar refractivity (Wildman–Crippen MR) is 156 cm³/mol. The van der Waals surface area contributed by atoms with Crippen molar-refractivity contribution >= 4 is 88.3 Å². The van der Waals surface area contributed by atoms with Crippen LogP contribution in [-0.4, -0.2) is 94.8 Å². The molecule has 6 N–H and O–H groups in total. The third kappa shape index (κ3) is 7.24. The second-order valence-corrected chi connectivity index (χ2v) is 10.8. The summed E-state index contributed by atoms with van der Waals surface area (Å²) < 4.78 is 1.53. The number of halogens is 2. The maximum absolute atomic E-state index is 13.1. The van der Waals surface area contributed by atoms with Gasteiger partial charge in [0.05, 0.1) is 6.54 Å². The number of oxime groups is 1. The number of thiazole rings is 1. The summed E-state index contributed by atoms with van der Waals surface area (Å²) in [4.78, 5) is 48.7. The average molecular weight is 654 g/mol. The molecule has 1 unspecified atom stereocenters. The maximum atomic E-state index is 13.1. The number of carboxylic acid groups (broad SMARTS) is 1. The summed E-state index contributed by atoms with van der Waals surface area (Å²) >= 11 is 3.73. The minimum atomic E-state index is -1.23. The van der Waals surface area contributed by atoms with E-state index in [-0.39, 0.29) is 59.4 Å². The number of β-lactam (4-membered cyclic amide) rings is 1. The van der Waals surface area contributed by atoms with Crippen LogP contribution in [0.3, 0.4) is 0 Å². The van der Waals surface area contributed by atoms with Gasteiger partial charge in [-0.05, 0) is 29.0 Å². The number of fused-ring (bicyclic) bond motifs is 1. The Morgan fingerprint density at radius 3 is 2.83 bits per heavy atom. The first-order chi connectivity index (χ1) is 18.3. The normalized spacial score (nSPS) is 18.2. The molecule has 0 saturated carbocycles. The molecule has 2 amide bonds. The van der Waals surface area contributed by atoms with Crippen LogP contribution in [0.2, 0.25) is 0 Å². The number of thioether (sulfide) groups is 2. The van der Waals surface area contributed by atoms with Gasteiger partial charge in [0.2, 0.25) is 5.16 Å². The van der Waals surface area contributed by atoms with Gasteiger partial charge in [0, 0.05) is 16.9 Å². The van der Waals surface area contributed by atoms with Crippen LogP contribution in [0.1, 0.15) is 12.1 Å². The van der Waals surface area contributed by atoms with E-state index < -0.39 is 29.2 Å². The van der Waals surface area contributed by atoms with Crippen LogP contribution < -0.4 is 16.8 Å². The van der Waals surface area contributed by atoms with E-state index in [2.05, 4.69) is 37.6 Å². The number of nitrogens with one attached hydrogen (secondary N) is 1. The number of carbonyl (C=O) groups excluding carboxylic acids is 2. The zero-order valence-corrected chi connectivity index (χ0v) is 24.7. The highest BCUT2D eigenvalue weighted by Crippen LogP contribution is 2.41. The molecule has 0 radical (unpaired) electrons. The van der Waals surface area contributed by atoms with E-state index in [0.29, 0.717) is 36.0 Å². The van der Waals surface area contributed by atoms with Gasteiger partial charge >= 0.3 is 5.97 Å². The standard InChI is InChI=1S/C20H24N10O5S3.2ClH/c1-2-5-29-20(25-27-28-29)38-8-10-7-36-17-13(16(32)30(17)14(10)18(33)34)24-15(31)12(26-35-6-3-4-21)11-9-37-19(22)23-11;;/h2,9,13,17H,1,3-8,21H2,(H2,22,23)(H,24,31)(H,33,34);2*1H/b26-12-;;/t13?,17-;;/m1../s1. The van der Waals surface area contributed by atoms with Crippen molar-refractivity contribution in [2.24, 2.45) is 10.9 Å². The average Bonchev–Trinajstić information content (AvgIpc) is 3.53. The van der Waals surface area contributed by atoms with Crippen LogP contribution in [0.5, 0.6) is 0 Å². The molecular formula is C20H26Cl2N10O5S3. The Morgan fingerprint density at radius 1 is 1.40 bits per heavy atom. The highest BCUT2D eigenvalue weighted by atomic mass is 35.5. The van der Waals surface area contributed by atoms with Gasteiger partial charge in [-0.15, -0.1) is 59.6 Å². The van der Waals surface area contributed by atoms with Crippen molar-refractivity contribution in [3.05, 3.63) is 35.0 Å². The number of tetrazole rings is 1. The van der Waals surface area contributed by atoms with Gasteiger partial charge in [0.25, 0.3) is 11.8 Å². The number of rotatable bonds is 13. The number of nitrogens with zero attached hydrogens (tertiary/aromatic N) is 7. The van der Waals surface area contributed by atoms with Gasteiger partial charge < -0.3 is 26.7 Å². The summed E-state index contributed by atoms with van der Waals surface area (Å²) in [7, 11) is 0. The van der Waals surface area contributed by atoms with E-state index in [1.54, 1.807) is 11.5 Å². The van der Waals surface area contributed by atoms with E-state index in [0.717, 1.165) is 11.3 Å². The maximum Gasteiger partial charge on any atom is 0.352 e. The van der Waals surface area contributed by atoms with Crippen molar-refractivity contribution in [1.82, 2.24) is 35.4 Å². The minimum absolute atomic E-state index is 0. The zero-order chi connectivity index (χ0) is 27.2. The third-order valence-electron chi connectivity index (χ3n) is 5.29. The Balaban J connectivity index is 0.00000280. The van der Waals surface area contributed by atoms with E-state index in [1.165, 1.54) is 33.1 Å². The quantitative estimate of drug-likeness (QED) is 0.0574. The van der Waals surface area contributed by atoms with Crippen LogP contribution in [0.4, 0.5) is 5.13 Å². The van der Waals surface area contributed by atoms with E-state index in [9.17, 15) is 19.5 Å². The number of aliphatic carboxylic acids is 1. The summed E-state index contributed by atoms with van der Waals surface area (Å²) in [5.41, 5.74) is 11.6. The molecule has 1 saturated heterocycles. The molecule has 0 spiro atoms. The first kappa shape index (κ1) is 33.3. The molecule has 0 bridgehead atoms. The Labute approximate surface area is 253 Å². The zero-order valence-electron chi connectivity index (χ0n) is 20.7. The molecule has 2 aliphatic rings. The third-order valence-corrected chi connectivity index (χ3v) is 8.35. The van der Waals surface area contributed by atoms with Gasteiger partial charge in [0.15, 0.2) is 10.8 Å². The molecule has 40 heavy (non-hydrogen) atoms. The van der Waals surface area contributed by atoms with Crippen molar-refractivity contribution in [2.45, 2.75) is 29.5 Å². The van der Waals surface area contributed by atoms with Crippen molar-refractivity contribution in [3.63, 3.8) is 0 Å². The van der Waals surface area contributed by atoms with Crippen LogP contribution >= 0.6 is 59.7 Å². The van der Waals surface area contributed by atoms with E-state index >= 15 is 0 Å². The number of carbonyl (C=O) groups is 3. The monoisotopic (exact) mass is 652 g/mol. The number of carboxylic acids is 1. The van der Waals surface area contributed by atoms with E-state index in [4.69, 9.17) is 16.3 Å². The predicted octanol–water partition coefficient (Wildman–Crippen LogP) is 0.342. The van der Waals surface area contributed by atoms with Crippen LogP contribution in [-0.2, 0) is 25.8 Å². The summed E-state index contributed by atoms with van der Waals surface area (Å²) in [6.07, 6.45) is 2.17. The number of nitrogens with two attached hydrogens (primary N) is 2. The molecule has 2 aromatic heterocycles. The largest absolute Gasteiger partial charge is 0.477 e. The molecule has 15 nitrogen and oxygen atoms in total. The lowest BCUT2D eigenvalue weighted by Crippen LogP contribution is -2.71. The lowest BCUT2D eigenvalue weighted by Gasteiger charge is -2.49. The van der Waals surface area contributed by atoms with Gasteiger partial charge in [-0.3, -0.25) is 14.5 Å². The Morgan fingerprint density at radius 2 is 2.17 bits per heavy atom. The molecule has 0 aromatic carbocycles.